The lowest BCUT2D eigenvalue weighted by Crippen LogP contribution is -2.53. The van der Waals surface area contributed by atoms with Crippen LogP contribution in [0.5, 0.6) is 0 Å². The highest BCUT2D eigenvalue weighted by atomic mass is 35.5. The first-order valence-electron chi connectivity index (χ1n) is 9.30. The minimum Gasteiger partial charge on any atom is -0.342 e. The zero-order valence-corrected chi connectivity index (χ0v) is 16.7. The molecular formula is C22H17ClFN3O3. The number of aromatic nitrogens is 1. The van der Waals surface area contributed by atoms with Crippen LogP contribution in [0.1, 0.15) is 18.1 Å². The van der Waals surface area contributed by atoms with Gasteiger partial charge in [-0.1, -0.05) is 35.9 Å². The van der Waals surface area contributed by atoms with Crippen LogP contribution in [0.4, 0.5) is 9.18 Å². The number of likely N-dealkylation sites (N-methyl/N-ethyl adjacent to an activating group) is 1. The van der Waals surface area contributed by atoms with Gasteiger partial charge in [0, 0.05) is 39.8 Å². The summed E-state index contributed by atoms with van der Waals surface area (Å²) in [6.45, 7) is 1.96. The van der Waals surface area contributed by atoms with Gasteiger partial charge in [0.15, 0.2) is 0 Å². The summed E-state index contributed by atoms with van der Waals surface area (Å²) < 4.78 is 16.1. The summed E-state index contributed by atoms with van der Waals surface area (Å²) in [4.78, 5) is 37.7. The average molecular weight is 426 g/mol. The SMILES string of the molecule is CCN1C(=O)NC(=O)/C(=C\c2cn(Cc3c(F)cccc3Cl)c3ccccc23)C1=O. The van der Waals surface area contributed by atoms with Crippen molar-refractivity contribution in [2.75, 3.05) is 6.54 Å². The van der Waals surface area contributed by atoms with Gasteiger partial charge in [0.25, 0.3) is 11.8 Å². The fraction of sp³-hybridized carbons (Fsp3) is 0.136. The van der Waals surface area contributed by atoms with E-state index >= 15 is 0 Å². The number of benzene rings is 2. The summed E-state index contributed by atoms with van der Waals surface area (Å²) in [7, 11) is 0. The first-order chi connectivity index (χ1) is 14.4. The topological polar surface area (TPSA) is 71.4 Å². The molecule has 1 aromatic heterocycles. The highest BCUT2D eigenvalue weighted by molar-refractivity contribution is 6.31. The number of carbonyl (C=O) groups excluding carboxylic acids is 3. The van der Waals surface area contributed by atoms with Gasteiger partial charge < -0.3 is 4.57 Å². The van der Waals surface area contributed by atoms with Crippen LogP contribution >= 0.6 is 11.6 Å². The molecule has 0 bridgehead atoms. The molecule has 0 aliphatic carbocycles. The molecule has 0 atom stereocenters. The number of urea groups is 1. The van der Waals surface area contributed by atoms with Crippen molar-refractivity contribution in [3.63, 3.8) is 0 Å². The number of nitrogens with one attached hydrogen (secondary N) is 1. The number of nitrogens with zero attached hydrogens (tertiary/aromatic N) is 2. The molecule has 1 saturated heterocycles. The molecule has 4 amide bonds. The Hall–Kier alpha value is -3.45. The third-order valence-electron chi connectivity index (χ3n) is 5.01. The predicted octanol–water partition coefficient (Wildman–Crippen LogP) is 3.96. The Morgan fingerprint density at radius 3 is 2.60 bits per heavy atom. The number of para-hydroxylation sites is 1. The van der Waals surface area contributed by atoms with Gasteiger partial charge in [0.1, 0.15) is 11.4 Å². The molecular weight excluding hydrogens is 409 g/mol. The van der Waals surface area contributed by atoms with E-state index in [0.29, 0.717) is 16.1 Å². The van der Waals surface area contributed by atoms with Gasteiger partial charge in [-0.05, 0) is 31.2 Å². The Bertz CT molecular complexity index is 1210. The molecule has 4 rings (SSSR count). The molecule has 1 aliphatic heterocycles. The summed E-state index contributed by atoms with van der Waals surface area (Å²) >= 11 is 6.18. The molecule has 30 heavy (non-hydrogen) atoms. The van der Waals surface area contributed by atoms with Gasteiger partial charge in [-0.25, -0.2) is 9.18 Å². The Balaban J connectivity index is 1.81. The van der Waals surface area contributed by atoms with E-state index in [1.165, 1.54) is 12.1 Å². The van der Waals surface area contributed by atoms with Crippen molar-refractivity contribution in [2.45, 2.75) is 13.5 Å². The number of amides is 4. The highest BCUT2D eigenvalue weighted by Gasteiger charge is 2.34. The molecule has 0 radical (unpaired) electrons. The van der Waals surface area contributed by atoms with Gasteiger partial charge >= 0.3 is 6.03 Å². The lowest BCUT2D eigenvalue weighted by Gasteiger charge is -2.24. The summed E-state index contributed by atoms with van der Waals surface area (Å²) in [6.07, 6.45) is 3.18. The number of hydrogen-bond acceptors (Lipinski definition) is 3. The van der Waals surface area contributed by atoms with Crippen molar-refractivity contribution in [1.82, 2.24) is 14.8 Å². The van der Waals surface area contributed by atoms with Crippen LogP contribution in [0.25, 0.3) is 17.0 Å². The van der Waals surface area contributed by atoms with E-state index in [2.05, 4.69) is 5.32 Å². The molecule has 6 nitrogen and oxygen atoms in total. The summed E-state index contributed by atoms with van der Waals surface area (Å²) in [5, 5.41) is 3.26. The first-order valence-corrected chi connectivity index (χ1v) is 9.68. The zero-order chi connectivity index (χ0) is 21.4. The normalized spacial score (nSPS) is 15.9. The molecule has 2 aromatic carbocycles. The fourth-order valence-electron chi connectivity index (χ4n) is 3.51. The highest BCUT2D eigenvalue weighted by Crippen LogP contribution is 2.28. The van der Waals surface area contributed by atoms with E-state index in [4.69, 9.17) is 11.6 Å². The monoisotopic (exact) mass is 425 g/mol. The van der Waals surface area contributed by atoms with E-state index < -0.39 is 23.7 Å². The maximum atomic E-state index is 14.3. The molecule has 0 spiro atoms. The van der Waals surface area contributed by atoms with Crippen LogP contribution in [-0.4, -0.2) is 33.9 Å². The molecule has 1 fully saturated rings. The van der Waals surface area contributed by atoms with Crippen molar-refractivity contribution in [1.29, 1.82) is 0 Å². The molecule has 152 valence electrons. The smallest absolute Gasteiger partial charge is 0.331 e. The van der Waals surface area contributed by atoms with Gasteiger partial charge in [-0.15, -0.1) is 0 Å². The van der Waals surface area contributed by atoms with Crippen molar-refractivity contribution in [3.8, 4) is 0 Å². The number of hydrogen-bond donors (Lipinski definition) is 1. The second kappa shape index (κ2) is 7.76. The van der Waals surface area contributed by atoms with E-state index in [9.17, 15) is 18.8 Å². The van der Waals surface area contributed by atoms with Crippen LogP contribution in [-0.2, 0) is 16.1 Å². The molecule has 8 heteroatoms. The first kappa shape index (κ1) is 19.8. The Labute approximate surface area is 176 Å². The number of imide groups is 2. The zero-order valence-electron chi connectivity index (χ0n) is 16.0. The lowest BCUT2D eigenvalue weighted by molar-refractivity contribution is -0.129. The maximum absolute atomic E-state index is 14.3. The number of fused-ring (bicyclic) bond motifs is 1. The molecule has 2 heterocycles. The van der Waals surface area contributed by atoms with Gasteiger partial charge in [0.2, 0.25) is 0 Å². The molecule has 3 aromatic rings. The van der Waals surface area contributed by atoms with Crippen LogP contribution in [0.3, 0.4) is 0 Å². The number of rotatable bonds is 4. The fourth-order valence-corrected chi connectivity index (χ4v) is 3.73. The van der Waals surface area contributed by atoms with Gasteiger partial charge in [-0.2, -0.15) is 0 Å². The average Bonchev–Trinajstić information content (AvgIpc) is 3.06. The minimum atomic E-state index is -0.747. The number of carbonyl (C=O) groups is 3. The molecule has 0 unspecified atom stereocenters. The Kier molecular flexibility index (Phi) is 5.13. The molecule has 1 N–H and O–H groups in total. The van der Waals surface area contributed by atoms with E-state index in [-0.39, 0.29) is 18.7 Å². The van der Waals surface area contributed by atoms with E-state index in [1.807, 2.05) is 24.3 Å². The third kappa shape index (κ3) is 3.37. The van der Waals surface area contributed by atoms with Crippen molar-refractivity contribution >= 4 is 46.4 Å². The standard InChI is InChI=1S/C22H17ClFN3O3/c1-2-27-21(29)15(20(28)25-22(27)30)10-13-11-26(19-9-4-3-6-14(13)19)12-16-17(23)7-5-8-18(16)24/h3-11H,2,12H2,1H3,(H,25,28,30)/b15-10+. The minimum absolute atomic E-state index is 0.136. The van der Waals surface area contributed by atoms with Gasteiger partial charge in [0.05, 0.1) is 6.54 Å². The third-order valence-corrected chi connectivity index (χ3v) is 5.37. The summed E-state index contributed by atoms with van der Waals surface area (Å²) in [5.41, 5.74) is 1.59. The van der Waals surface area contributed by atoms with Gasteiger partial charge in [-0.3, -0.25) is 19.8 Å². The van der Waals surface area contributed by atoms with E-state index in [0.717, 1.165) is 15.8 Å². The van der Waals surface area contributed by atoms with Crippen LogP contribution in [0.2, 0.25) is 5.02 Å². The van der Waals surface area contributed by atoms with Crippen LogP contribution in [0, 0.1) is 5.82 Å². The van der Waals surface area contributed by atoms with Crippen molar-refractivity contribution < 1.29 is 18.8 Å². The Morgan fingerprint density at radius 2 is 1.87 bits per heavy atom. The van der Waals surface area contributed by atoms with Crippen molar-refractivity contribution in [3.05, 3.63) is 76.2 Å². The maximum Gasteiger partial charge on any atom is 0.331 e. The predicted molar refractivity (Wildman–Crippen MR) is 111 cm³/mol. The summed E-state index contributed by atoms with van der Waals surface area (Å²) in [6, 6.07) is 11.1. The van der Waals surface area contributed by atoms with Crippen molar-refractivity contribution in [2.24, 2.45) is 0 Å². The van der Waals surface area contributed by atoms with E-state index in [1.54, 1.807) is 29.8 Å². The Morgan fingerprint density at radius 1 is 1.10 bits per heavy atom. The largest absolute Gasteiger partial charge is 0.342 e. The second-order valence-corrected chi connectivity index (χ2v) is 7.20. The quantitative estimate of drug-likeness (QED) is 0.508. The molecule has 0 saturated carbocycles. The van der Waals surface area contributed by atoms with Crippen LogP contribution in [0.15, 0.2) is 54.2 Å². The number of barbiturate groups is 1. The number of halogens is 2. The second-order valence-electron chi connectivity index (χ2n) is 6.80. The lowest BCUT2D eigenvalue weighted by atomic mass is 10.1. The van der Waals surface area contributed by atoms with Crippen LogP contribution < -0.4 is 5.32 Å². The molecule has 1 aliphatic rings. The summed E-state index contributed by atoms with van der Waals surface area (Å²) in [5.74, 6) is -1.82.